The van der Waals surface area contributed by atoms with Gasteiger partial charge in [-0.05, 0) is 37.0 Å². The highest BCUT2D eigenvalue weighted by Gasteiger charge is 2.14. The summed E-state index contributed by atoms with van der Waals surface area (Å²) in [5.74, 6) is 0.794. The fourth-order valence-corrected chi connectivity index (χ4v) is 2.35. The Morgan fingerprint density at radius 2 is 2.06 bits per heavy atom. The first kappa shape index (κ1) is 12.7. The minimum absolute atomic E-state index is 0.442. The van der Waals surface area contributed by atoms with Crippen molar-refractivity contribution in [3.8, 4) is 0 Å². The maximum absolute atomic E-state index is 11.1. The van der Waals surface area contributed by atoms with E-state index in [4.69, 9.17) is 0 Å². The van der Waals surface area contributed by atoms with Crippen LogP contribution in [-0.4, -0.2) is 19.7 Å². The van der Waals surface area contributed by atoms with Crippen LogP contribution in [0.4, 0.5) is 16.2 Å². The fraction of sp³-hybridized carbons (Fsp3) is 0.500. The van der Waals surface area contributed by atoms with Crippen LogP contribution < -0.4 is 10.6 Å². The van der Waals surface area contributed by atoms with Crippen LogP contribution in [0.1, 0.15) is 25.7 Å². The van der Waals surface area contributed by atoms with Crippen molar-refractivity contribution in [2.24, 2.45) is 5.92 Å². The third-order valence-corrected chi connectivity index (χ3v) is 3.36. The summed E-state index contributed by atoms with van der Waals surface area (Å²) in [5, 5.41) is 6.08. The number of methoxy groups -OCH3 is 1. The number of anilines is 2. The van der Waals surface area contributed by atoms with Gasteiger partial charge in [-0.25, -0.2) is 4.79 Å². The topological polar surface area (TPSA) is 50.4 Å². The van der Waals surface area contributed by atoms with E-state index in [0.717, 1.165) is 23.8 Å². The average molecular weight is 248 g/mol. The van der Waals surface area contributed by atoms with E-state index in [9.17, 15) is 4.79 Å². The van der Waals surface area contributed by atoms with Gasteiger partial charge in [-0.15, -0.1) is 0 Å². The summed E-state index contributed by atoms with van der Waals surface area (Å²) in [6.07, 6.45) is 4.93. The number of hydrogen-bond donors (Lipinski definition) is 2. The Morgan fingerprint density at radius 3 is 2.78 bits per heavy atom. The Bertz CT molecular complexity index is 401. The van der Waals surface area contributed by atoms with Gasteiger partial charge in [-0.1, -0.05) is 18.9 Å². The van der Waals surface area contributed by atoms with Crippen LogP contribution >= 0.6 is 0 Å². The normalized spacial score (nSPS) is 15.4. The Morgan fingerprint density at radius 1 is 1.33 bits per heavy atom. The van der Waals surface area contributed by atoms with Crippen molar-refractivity contribution in [3.05, 3.63) is 24.3 Å². The lowest BCUT2D eigenvalue weighted by Crippen LogP contribution is -2.13. The van der Waals surface area contributed by atoms with Crippen molar-refractivity contribution < 1.29 is 9.53 Å². The lowest BCUT2D eigenvalue weighted by atomic mass is 10.1. The molecule has 0 bridgehead atoms. The molecule has 98 valence electrons. The molecule has 1 fully saturated rings. The number of hydrogen-bond acceptors (Lipinski definition) is 3. The number of carbonyl (C=O) groups is 1. The highest BCUT2D eigenvalue weighted by atomic mass is 16.5. The maximum atomic E-state index is 11.1. The first-order chi connectivity index (χ1) is 8.78. The fourth-order valence-electron chi connectivity index (χ4n) is 2.35. The first-order valence-electron chi connectivity index (χ1n) is 6.47. The van der Waals surface area contributed by atoms with Crippen LogP contribution in [0, 0.1) is 5.92 Å². The van der Waals surface area contributed by atoms with Gasteiger partial charge >= 0.3 is 6.09 Å². The molecule has 1 aliphatic carbocycles. The largest absolute Gasteiger partial charge is 0.453 e. The van der Waals surface area contributed by atoms with Crippen molar-refractivity contribution in [1.29, 1.82) is 0 Å². The molecular weight excluding hydrogens is 228 g/mol. The SMILES string of the molecule is COC(=O)Nc1cccc(NCC2CCCC2)c1. The van der Waals surface area contributed by atoms with Crippen LogP contribution in [0.2, 0.25) is 0 Å². The Balaban J connectivity index is 1.87. The second kappa shape index (κ2) is 6.28. The molecule has 0 atom stereocenters. The molecule has 4 heteroatoms. The molecule has 0 radical (unpaired) electrons. The smallest absolute Gasteiger partial charge is 0.411 e. The number of ether oxygens (including phenoxy) is 1. The molecule has 1 aliphatic rings. The average Bonchev–Trinajstić information content (AvgIpc) is 2.90. The van der Waals surface area contributed by atoms with Gasteiger partial charge in [0.2, 0.25) is 0 Å². The molecule has 0 spiro atoms. The molecule has 0 unspecified atom stereocenters. The van der Waals surface area contributed by atoms with Gasteiger partial charge in [0.15, 0.2) is 0 Å². The Kier molecular flexibility index (Phi) is 4.45. The van der Waals surface area contributed by atoms with Crippen LogP contribution in [-0.2, 0) is 4.74 Å². The Hall–Kier alpha value is -1.71. The number of benzene rings is 1. The van der Waals surface area contributed by atoms with E-state index in [1.165, 1.54) is 32.8 Å². The predicted molar refractivity (Wildman–Crippen MR) is 72.9 cm³/mol. The van der Waals surface area contributed by atoms with Crippen LogP contribution in [0.25, 0.3) is 0 Å². The van der Waals surface area contributed by atoms with Gasteiger partial charge in [0.05, 0.1) is 7.11 Å². The molecule has 1 saturated carbocycles. The lowest BCUT2D eigenvalue weighted by Gasteiger charge is -2.12. The van der Waals surface area contributed by atoms with E-state index in [2.05, 4.69) is 15.4 Å². The standard InChI is InChI=1S/C14H20N2O2/c1-18-14(17)16-13-8-4-7-12(9-13)15-10-11-5-2-3-6-11/h4,7-9,11,15H,2-3,5-6,10H2,1H3,(H,16,17). The van der Waals surface area contributed by atoms with Crippen molar-refractivity contribution in [3.63, 3.8) is 0 Å². The molecule has 2 N–H and O–H groups in total. The molecule has 0 heterocycles. The van der Waals surface area contributed by atoms with Crippen molar-refractivity contribution in [2.45, 2.75) is 25.7 Å². The highest BCUT2D eigenvalue weighted by molar-refractivity contribution is 5.85. The molecule has 4 nitrogen and oxygen atoms in total. The molecule has 18 heavy (non-hydrogen) atoms. The highest BCUT2D eigenvalue weighted by Crippen LogP contribution is 2.25. The summed E-state index contributed by atoms with van der Waals surface area (Å²) in [6, 6.07) is 7.70. The molecule has 1 aromatic rings. The van der Waals surface area contributed by atoms with E-state index in [1.807, 2.05) is 24.3 Å². The molecule has 0 saturated heterocycles. The third-order valence-electron chi connectivity index (χ3n) is 3.36. The van der Waals surface area contributed by atoms with Crippen LogP contribution in [0.15, 0.2) is 24.3 Å². The van der Waals surface area contributed by atoms with Gasteiger partial charge in [0, 0.05) is 17.9 Å². The van der Waals surface area contributed by atoms with Gasteiger partial charge in [0.1, 0.15) is 0 Å². The summed E-state index contributed by atoms with van der Waals surface area (Å²) < 4.78 is 4.56. The van der Waals surface area contributed by atoms with Crippen molar-refractivity contribution >= 4 is 17.5 Å². The summed E-state index contributed by atoms with van der Waals surface area (Å²) in [4.78, 5) is 11.1. The first-order valence-corrected chi connectivity index (χ1v) is 6.47. The number of amides is 1. The summed E-state index contributed by atoms with van der Waals surface area (Å²) in [7, 11) is 1.36. The Labute approximate surface area is 108 Å². The zero-order valence-electron chi connectivity index (χ0n) is 10.7. The second-order valence-corrected chi connectivity index (χ2v) is 4.73. The van der Waals surface area contributed by atoms with Crippen molar-refractivity contribution in [1.82, 2.24) is 0 Å². The van der Waals surface area contributed by atoms with Crippen LogP contribution in [0.5, 0.6) is 0 Å². The van der Waals surface area contributed by atoms with Crippen molar-refractivity contribution in [2.75, 3.05) is 24.3 Å². The van der Waals surface area contributed by atoms with E-state index in [1.54, 1.807) is 0 Å². The molecule has 2 rings (SSSR count). The zero-order valence-corrected chi connectivity index (χ0v) is 10.7. The number of nitrogens with one attached hydrogen (secondary N) is 2. The van der Waals surface area contributed by atoms with E-state index >= 15 is 0 Å². The minimum atomic E-state index is -0.442. The zero-order chi connectivity index (χ0) is 12.8. The maximum Gasteiger partial charge on any atom is 0.411 e. The molecule has 1 aromatic carbocycles. The quantitative estimate of drug-likeness (QED) is 0.857. The summed E-state index contributed by atoms with van der Waals surface area (Å²) in [5.41, 5.74) is 1.79. The summed E-state index contributed by atoms with van der Waals surface area (Å²) >= 11 is 0. The molecule has 1 amide bonds. The second-order valence-electron chi connectivity index (χ2n) is 4.73. The van der Waals surface area contributed by atoms with Gasteiger partial charge < -0.3 is 10.1 Å². The lowest BCUT2D eigenvalue weighted by molar-refractivity contribution is 0.187. The summed E-state index contributed by atoms with van der Waals surface area (Å²) in [6.45, 7) is 1.02. The number of rotatable bonds is 4. The predicted octanol–water partition coefficient (Wildman–Crippen LogP) is 3.47. The molecule has 0 aliphatic heterocycles. The molecular formula is C14H20N2O2. The van der Waals surface area contributed by atoms with Gasteiger partial charge in [0.25, 0.3) is 0 Å². The van der Waals surface area contributed by atoms with E-state index in [-0.39, 0.29) is 0 Å². The molecule has 0 aromatic heterocycles. The minimum Gasteiger partial charge on any atom is -0.453 e. The van der Waals surface area contributed by atoms with E-state index < -0.39 is 6.09 Å². The monoisotopic (exact) mass is 248 g/mol. The van der Waals surface area contributed by atoms with Gasteiger partial charge in [-0.2, -0.15) is 0 Å². The van der Waals surface area contributed by atoms with E-state index in [0.29, 0.717) is 0 Å². The third kappa shape index (κ3) is 3.65. The number of carbonyl (C=O) groups excluding carboxylic acids is 1. The van der Waals surface area contributed by atoms with Crippen LogP contribution in [0.3, 0.4) is 0 Å². The van der Waals surface area contributed by atoms with Gasteiger partial charge in [-0.3, -0.25) is 5.32 Å².